The zero-order chi connectivity index (χ0) is 13.3. The predicted octanol–water partition coefficient (Wildman–Crippen LogP) is 4.58. The van der Waals surface area contributed by atoms with E-state index >= 15 is 0 Å². The first kappa shape index (κ1) is 13.7. The number of aromatic nitrogens is 2. The molecule has 0 aliphatic rings. The maximum atomic E-state index is 6.19. The third-order valence-corrected chi connectivity index (χ3v) is 4.64. The summed E-state index contributed by atoms with van der Waals surface area (Å²) in [4.78, 5) is 9.06. The van der Waals surface area contributed by atoms with Crippen molar-refractivity contribution in [2.75, 3.05) is 0 Å². The quantitative estimate of drug-likeness (QED) is 0.569. The summed E-state index contributed by atoms with van der Waals surface area (Å²) < 4.78 is 0.951. The van der Waals surface area contributed by atoms with Crippen LogP contribution in [0.3, 0.4) is 0 Å². The molecule has 0 aliphatic carbocycles. The molecule has 2 nitrogen and oxygen atoms in total. The van der Waals surface area contributed by atoms with Gasteiger partial charge in [-0.1, -0.05) is 36.7 Å². The van der Waals surface area contributed by atoms with Gasteiger partial charge in [-0.2, -0.15) is 0 Å². The molecule has 1 aromatic heterocycles. The largest absolute Gasteiger partial charge is 0.232 e. The zero-order valence-corrected chi connectivity index (χ0v) is 13.5. The zero-order valence-electron chi connectivity index (χ0n) is 10.6. The van der Waals surface area contributed by atoms with Crippen LogP contribution in [0.25, 0.3) is 11.4 Å². The second-order valence-electron chi connectivity index (χ2n) is 4.22. The molecule has 1 aromatic carbocycles. The van der Waals surface area contributed by atoms with Crippen molar-refractivity contribution in [1.29, 1.82) is 0 Å². The minimum absolute atomic E-state index is 0.542. The van der Waals surface area contributed by atoms with Gasteiger partial charge in [0.15, 0.2) is 5.82 Å². The molecule has 0 aliphatic heterocycles. The van der Waals surface area contributed by atoms with Gasteiger partial charge in [0.2, 0.25) is 0 Å². The fourth-order valence-corrected chi connectivity index (χ4v) is 2.79. The third-order valence-electron chi connectivity index (χ3n) is 2.92. The molecule has 94 valence electrons. The Morgan fingerprint density at radius 2 is 1.78 bits per heavy atom. The highest BCUT2D eigenvalue weighted by Crippen LogP contribution is 2.28. The summed E-state index contributed by atoms with van der Waals surface area (Å²) in [6.07, 6.45) is 0.860. The number of aryl methyl sites for hydroxylation is 3. The Hall–Kier alpha value is -0.680. The monoisotopic (exact) mass is 372 g/mol. The number of rotatable bonds is 2. The fraction of sp³-hybridized carbons (Fsp3) is 0.286. The van der Waals surface area contributed by atoms with E-state index in [1.165, 1.54) is 11.1 Å². The van der Waals surface area contributed by atoms with E-state index < -0.39 is 0 Å². The summed E-state index contributed by atoms with van der Waals surface area (Å²) in [5.74, 6) is 0.730. The lowest BCUT2D eigenvalue weighted by atomic mass is 10.0. The van der Waals surface area contributed by atoms with Gasteiger partial charge in [0.1, 0.15) is 5.15 Å². The summed E-state index contributed by atoms with van der Waals surface area (Å²) in [7, 11) is 0. The van der Waals surface area contributed by atoms with E-state index in [0.29, 0.717) is 5.15 Å². The second kappa shape index (κ2) is 5.53. The summed E-state index contributed by atoms with van der Waals surface area (Å²) in [5.41, 5.74) is 4.45. The van der Waals surface area contributed by atoms with Gasteiger partial charge >= 0.3 is 0 Å². The van der Waals surface area contributed by atoms with Crippen LogP contribution < -0.4 is 0 Å². The standard InChI is InChI=1S/C14H14ClIN2/c1-4-10-12(16)13(15)18-14(17-10)11-8(2)6-5-7-9(11)3/h5-7H,4H2,1-3H3. The first-order chi connectivity index (χ1) is 8.54. The summed E-state index contributed by atoms with van der Waals surface area (Å²) in [6.45, 7) is 6.22. The van der Waals surface area contributed by atoms with Crippen LogP contribution in [-0.2, 0) is 6.42 Å². The molecule has 2 aromatic rings. The van der Waals surface area contributed by atoms with E-state index in [1.54, 1.807) is 0 Å². The molecule has 0 saturated heterocycles. The molecule has 0 fully saturated rings. The Morgan fingerprint density at radius 3 is 2.33 bits per heavy atom. The molecule has 0 N–H and O–H groups in total. The third kappa shape index (κ3) is 2.52. The number of hydrogen-bond acceptors (Lipinski definition) is 2. The lowest BCUT2D eigenvalue weighted by molar-refractivity contribution is 0.986. The van der Waals surface area contributed by atoms with Crippen molar-refractivity contribution < 1.29 is 0 Å². The minimum Gasteiger partial charge on any atom is -0.232 e. The highest BCUT2D eigenvalue weighted by Gasteiger charge is 2.13. The van der Waals surface area contributed by atoms with E-state index in [1.807, 2.05) is 6.07 Å². The molecular weight excluding hydrogens is 359 g/mol. The van der Waals surface area contributed by atoms with Crippen LogP contribution >= 0.6 is 34.2 Å². The Balaban J connectivity index is 2.68. The number of hydrogen-bond donors (Lipinski definition) is 0. The molecule has 0 atom stereocenters. The van der Waals surface area contributed by atoms with Crippen LogP contribution in [0.2, 0.25) is 5.15 Å². The van der Waals surface area contributed by atoms with Gasteiger partial charge in [-0.3, -0.25) is 0 Å². The van der Waals surface area contributed by atoms with Gasteiger partial charge < -0.3 is 0 Å². The topological polar surface area (TPSA) is 25.8 Å². The molecule has 0 unspecified atom stereocenters. The Labute approximate surface area is 126 Å². The highest BCUT2D eigenvalue weighted by molar-refractivity contribution is 14.1. The van der Waals surface area contributed by atoms with Crippen molar-refractivity contribution in [2.24, 2.45) is 0 Å². The number of halogens is 2. The average Bonchev–Trinajstić information content (AvgIpc) is 2.33. The van der Waals surface area contributed by atoms with Crippen molar-refractivity contribution in [2.45, 2.75) is 27.2 Å². The van der Waals surface area contributed by atoms with Gasteiger partial charge in [-0.15, -0.1) is 0 Å². The molecule has 0 radical (unpaired) electrons. The first-order valence-corrected chi connectivity index (χ1v) is 7.28. The van der Waals surface area contributed by atoms with E-state index in [2.05, 4.69) is 65.5 Å². The Morgan fingerprint density at radius 1 is 1.17 bits per heavy atom. The molecule has 0 saturated carbocycles. The molecule has 0 amide bonds. The second-order valence-corrected chi connectivity index (χ2v) is 5.66. The maximum absolute atomic E-state index is 6.19. The molecule has 2 rings (SSSR count). The van der Waals surface area contributed by atoms with Gasteiger partial charge in [-0.25, -0.2) is 9.97 Å². The first-order valence-electron chi connectivity index (χ1n) is 5.83. The molecule has 0 bridgehead atoms. The van der Waals surface area contributed by atoms with Crippen LogP contribution in [0.1, 0.15) is 23.7 Å². The summed E-state index contributed by atoms with van der Waals surface area (Å²) in [5, 5.41) is 0.542. The van der Waals surface area contributed by atoms with E-state index in [4.69, 9.17) is 11.6 Å². The molecular formula is C14H14ClIN2. The molecule has 0 spiro atoms. The van der Waals surface area contributed by atoms with Gasteiger partial charge in [0.05, 0.1) is 9.26 Å². The van der Waals surface area contributed by atoms with E-state index in [9.17, 15) is 0 Å². The lowest BCUT2D eigenvalue weighted by Gasteiger charge is -2.11. The Kier molecular flexibility index (Phi) is 4.22. The van der Waals surface area contributed by atoms with Crippen molar-refractivity contribution in [1.82, 2.24) is 9.97 Å². The van der Waals surface area contributed by atoms with Crippen molar-refractivity contribution in [3.63, 3.8) is 0 Å². The van der Waals surface area contributed by atoms with Crippen LogP contribution in [0, 0.1) is 17.4 Å². The predicted molar refractivity (Wildman–Crippen MR) is 84.0 cm³/mol. The van der Waals surface area contributed by atoms with Gasteiger partial charge in [-0.05, 0) is 54.0 Å². The van der Waals surface area contributed by atoms with Crippen LogP contribution in [0.15, 0.2) is 18.2 Å². The molecule has 1 heterocycles. The van der Waals surface area contributed by atoms with Gasteiger partial charge in [0, 0.05) is 5.56 Å². The van der Waals surface area contributed by atoms with Crippen LogP contribution in [-0.4, -0.2) is 9.97 Å². The molecule has 18 heavy (non-hydrogen) atoms. The van der Waals surface area contributed by atoms with E-state index in [0.717, 1.165) is 27.1 Å². The number of benzene rings is 1. The normalized spacial score (nSPS) is 10.7. The summed E-state index contributed by atoms with van der Waals surface area (Å²) >= 11 is 8.40. The van der Waals surface area contributed by atoms with Crippen molar-refractivity contribution >= 4 is 34.2 Å². The van der Waals surface area contributed by atoms with Crippen molar-refractivity contribution in [3.8, 4) is 11.4 Å². The van der Waals surface area contributed by atoms with Gasteiger partial charge in [0.25, 0.3) is 0 Å². The van der Waals surface area contributed by atoms with Crippen LogP contribution in [0.4, 0.5) is 0 Å². The van der Waals surface area contributed by atoms with E-state index in [-0.39, 0.29) is 0 Å². The van der Waals surface area contributed by atoms with Crippen molar-refractivity contribution in [3.05, 3.63) is 43.7 Å². The average molecular weight is 373 g/mol. The highest BCUT2D eigenvalue weighted by atomic mass is 127. The Bertz CT molecular complexity index is 576. The maximum Gasteiger partial charge on any atom is 0.161 e. The summed E-state index contributed by atoms with van der Waals surface area (Å²) in [6, 6.07) is 6.19. The molecule has 4 heteroatoms. The fourth-order valence-electron chi connectivity index (χ4n) is 1.98. The minimum atomic E-state index is 0.542. The van der Waals surface area contributed by atoms with Crippen LogP contribution in [0.5, 0.6) is 0 Å². The smallest absolute Gasteiger partial charge is 0.161 e. The number of nitrogens with zero attached hydrogens (tertiary/aromatic N) is 2. The SMILES string of the molecule is CCc1nc(-c2c(C)cccc2C)nc(Cl)c1I. The lowest BCUT2D eigenvalue weighted by Crippen LogP contribution is -2.01.